The highest BCUT2D eigenvalue weighted by molar-refractivity contribution is 5.99. The molecule has 2 N–H and O–H groups in total. The summed E-state index contributed by atoms with van der Waals surface area (Å²) >= 11 is 0. The summed E-state index contributed by atoms with van der Waals surface area (Å²) in [5, 5.41) is 11.9. The van der Waals surface area contributed by atoms with Gasteiger partial charge in [-0.1, -0.05) is 18.2 Å². The third-order valence-electron chi connectivity index (χ3n) is 4.23. The summed E-state index contributed by atoms with van der Waals surface area (Å²) in [7, 11) is 0. The Morgan fingerprint density at radius 3 is 2.44 bits per heavy atom. The molecular formula is C20H19FN2O4. The number of carboxylic acids is 1. The Morgan fingerprint density at radius 1 is 1.11 bits per heavy atom. The van der Waals surface area contributed by atoms with Gasteiger partial charge < -0.3 is 15.3 Å². The molecule has 0 bridgehead atoms. The summed E-state index contributed by atoms with van der Waals surface area (Å²) in [6, 6.07) is 11.9. The third-order valence-corrected chi connectivity index (χ3v) is 4.23. The van der Waals surface area contributed by atoms with Crippen molar-refractivity contribution in [1.82, 2.24) is 4.90 Å². The molecule has 1 fully saturated rings. The second-order valence-corrected chi connectivity index (χ2v) is 6.53. The van der Waals surface area contributed by atoms with E-state index in [9.17, 15) is 18.8 Å². The minimum absolute atomic E-state index is 0.0318. The van der Waals surface area contributed by atoms with Gasteiger partial charge in [0.2, 0.25) is 5.91 Å². The van der Waals surface area contributed by atoms with Crippen molar-refractivity contribution >= 4 is 23.5 Å². The topological polar surface area (TPSA) is 86.7 Å². The molecule has 0 saturated heterocycles. The standard InChI is InChI=1S/C20H19FN2O4/c21-16-8-4-13(5-9-16)11-23(12-18(24)25)20(27)15-2-1-3-17(10-15)22-19(26)14-6-7-14/h1-5,8-10,14H,6-7,11-12H2,(H,22,26)(H,24,25). The van der Waals surface area contributed by atoms with Gasteiger partial charge in [-0.25, -0.2) is 4.39 Å². The minimum atomic E-state index is -1.15. The largest absolute Gasteiger partial charge is 0.480 e. The van der Waals surface area contributed by atoms with E-state index in [1.54, 1.807) is 18.2 Å². The van der Waals surface area contributed by atoms with Gasteiger partial charge in [-0.2, -0.15) is 0 Å². The lowest BCUT2D eigenvalue weighted by Crippen LogP contribution is -2.35. The number of halogens is 1. The van der Waals surface area contributed by atoms with Crippen molar-refractivity contribution in [3.63, 3.8) is 0 Å². The van der Waals surface area contributed by atoms with Crippen LogP contribution in [0.5, 0.6) is 0 Å². The highest BCUT2D eigenvalue weighted by atomic mass is 19.1. The predicted octanol–water partition coefficient (Wildman–Crippen LogP) is 2.90. The molecule has 2 aromatic carbocycles. The van der Waals surface area contributed by atoms with Crippen molar-refractivity contribution in [3.8, 4) is 0 Å². The van der Waals surface area contributed by atoms with E-state index in [-0.39, 0.29) is 23.9 Å². The van der Waals surface area contributed by atoms with E-state index in [4.69, 9.17) is 5.11 Å². The van der Waals surface area contributed by atoms with Gasteiger partial charge in [-0.05, 0) is 48.7 Å². The highest BCUT2D eigenvalue weighted by Crippen LogP contribution is 2.30. The first kappa shape index (κ1) is 18.6. The van der Waals surface area contributed by atoms with Crippen LogP contribution in [0.3, 0.4) is 0 Å². The summed E-state index contributed by atoms with van der Waals surface area (Å²) in [4.78, 5) is 37.0. The number of hydrogen-bond acceptors (Lipinski definition) is 3. The minimum Gasteiger partial charge on any atom is -0.480 e. The molecule has 0 aliphatic heterocycles. The molecule has 0 atom stereocenters. The number of nitrogens with zero attached hydrogens (tertiary/aromatic N) is 1. The molecule has 0 radical (unpaired) electrons. The molecule has 0 heterocycles. The van der Waals surface area contributed by atoms with Crippen LogP contribution in [0.1, 0.15) is 28.8 Å². The highest BCUT2D eigenvalue weighted by Gasteiger charge is 2.29. The van der Waals surface area contributed by atoms with Crippen molar-refractivity contribution in [2.45, 2.75) is 19.4 Å². The lowest BCUT2D eigenvalue weighted by Gasteiger charge is -2.21. The SMILES string of the molecule is O=C(O)CN(Cc1ccc(F)cc1)C(=O)c1cccc(NC(=O)C2CC2)c1. The molecular weight excluding hydrogens is 351 g/mol. The fourth-order valence-electron chi connectivity index (χ4n) is 2.68. The number of aliphatic carboxylic acids is 1. The van der Waals surface area contributed by atoms with Crippen LogP contribution in [0.15, 0.2) is 48.5 Å². The monoisotopic (exact) mass is 370 g/mol. The van der Waals surface area contributed by atoms with E-state index in [2.05, 4.69) is 5.32 Å². The molecule has 1 aliphatic rings. The second-order valence-electron chi connectivity index (χ2n) is 6.53. The van der Waals surface area contributed by atoms with Gasteiger partial charge in [-0.15, -0.1) is 0 Å². The maximum atomic E-state index is 13.1. The lowest BCUT2D eigenvalue weighted by molar-refractivity contribution is -0.137. The maximum absolute atomic E-state index is 13.1. The van der Waals surface area contributed by atoms with Gasteiger partial charge in [0.15, 0.2) is 0 Å². The van der Waals surface area contributed by atoms with Gasteiger partial charge in [0.05, 0.1) is 0 Å². The van der Waals surface area contributed by atoms with Gasteiger partial charge in [0.1, 0.15) is 12.4 Å². The van der Waals surface area contributed by atoms with Crippen LogP contribution in [-0.2, 0) is 16.1 Å². The van der Waals surface area contributed by atoms with E-state index in [1.165, 1.54) is 30.3 Å². The average molecular weight is 370 g/mol. The first-order chi connectivity index (χ1) is 12.9. The van der Waals surface area contributed by atoms with Crippen molar-refractivity contribution < 1.29 is 23.9 Å². The summed E-state index contributed by atoms with van der Waals surface area (Å²) in [5.41, 5.74) is 1.38. The normalized spacial score (nSPS) is 13.1. The molecule has 3 rings (SSSR count). The number of anilines is 1. The number of carboxylic acid groups (broad SMARTS) is 1. The van der Waals surface area contributed by atoms with Crippen LogP contribution in [0.2, 0.25) is 0 Å². The van der Waals surface area contributed by atoms with Crippen molar-refractivity contribution in [2.24, 2.45) is 5.92 Å². The molecule has 6 nitrogen and oxygen atoms in total. The Labute approximate surface area is 155 Å². The quantitative estimate of drug-likeness (QED) is 0.785. The third kappa shape index (κ3) is 5.13. The van der Waals surface area contributed by atoms with Gasteiger partial charge >= 0.3 is 5.97 Å². The van der Waals surface area contributed by atoms with Crippen molar-refractivity contribution in [1.29, 1.82) is 0 Å². The van der Waals surface area contributed by atoms with E-state index in [0.29, 0.717) is 11.3 Å². The zero-order chi connectivity index (χ0) is 19.4. The van der Waals surface area contributed by atoms with E-state index in [0.717, 1.165) is 17.7 Å². The predicted molar refractivity (Wildman–Crippen MR) is 96.6 cm³/mol. The summed E-state index contributed by atoms with van der Waals surface area (Å²) in [5.74, 6) is -2.08. The summed E-state index contributed by atoms with van der Waals surface area (Å²) < 4.78 is 13.1. The molecule has 2 amide bonds. The Bertz CT molecular complexity index is 863. The first-order valence-electron chi connectivity index (χ1n) is 8.59. The van der Waals surface area contributed by atoms with Gasteiger partial charge in [0, 0.05) is 23.7 Å². The molecule has 1 saturated carbocycles. The van der Waals surface area contributed by atoms with Crippen LogP contribution in [0, 0.1) is 11.7 Å². The summed E-state index contributed by atoms with van der Waals surface area (Å²) in [6.45, 7) is -0.459. The molecule has 27 heavy (non-hydrogen) atoms. The van der Waals surface area contributed by atoms with Crippen LogP contribution in [0.25, 0.3) is 0 Å². The number of rotatable bonds is 7. The van der Waals surface area contributed by atoms with Crippen molar-refractivity contribution in [2.75, 3.05) is 11.9 Å². The number of carbonyl (C=O) groups is 3. The van der Waals surface area contributed by atoms with E-state index >= 15 is 0 Å². The summed E-state index contributed by atoms with van der Waals surface area (Å²) in [6.07, 6.45) is 1.74. The number of carbonyl (C=O) groups excluding carboxylic acids is 2. The Balaban J connectivity index is 1.77. The average Bonchev–Trinajstić information content (AvgIpc) is 3.47. The fourth-order valence-corrected chi connectivity index (χ4v) is 2.68. The number of amides is 2. The zero-order valence-corrected chi connectivity index (χ0v) is 14.5. The Kier molecular flexibility index (Phi) is 5.49. The second kappa shape index (κ2) is 7.99. The number of hydrogen-bond donors (Lipinski definition) is 2. The molecule has 140 valence electrons. The molecule has 2 aromatic rings. The van der Waals surface area contributed by atoms with Gasteiger partial charge in [0.25, 0.3) is 5.91 Å². The van der Waals surface area contributed by atoms with Gasteiger partial charge in [-0.3, -0.25) is 14.4 Å². The lowest BCUT2D eigenvalue weighted by atomic mass is 10.1. The van der Waals surface area contributed by atoms with E-state index in [1.807, 2.05) is 0 Å². The Morgan fingerprint density at radius 2 is 1.81 bits per heavy atom. The molecule has 0 spiro atoms. The molecule has 1 aliphatic carbocycles. The van der Waals surface area contributed by atoms with Crippen LogP contribution >= 0.6 is 0 Å². The number of nitrogens with one attached hydrogen (secondary N) is 1. The Hall–Kier alpha value is -3.22. The fraction of sp³-hybridized carbons (Fsp3) is 0.250. The van der Waals surface area contributed by atoms with Crippen LogP contribution in [-0.4, -0.2) is 34.3 Å². The van der Waals surface area contributed by atoms with Crippen molar-refractivity contribution in [3.05, 3.63) is 65.5 Å². The smallest absolute Gasteiger partial charge is 0.323 e. The van der Waals surface area contributed by atoms with E-state index < -0.39 is 24.2 Å². The molecule has 0 aromatic heterocycles. The van der Waals surface area contributed by atoms with Crippen LogP contribution < -0.4 is 5.32 Å². The number of benzene rings is 2. The maximum Gasteiger partial charge on any atom is 0.323 e. The molecule has 0 unspecified atom stereocenters. The molecule has 7 heteroatoms. The zero-order valence-electron chi connectivity index (χ0n) is 14.5. The first-order valence-corrected chi connectivity index (χ1v) is 8.59. The van der Waals surface area contributed by atoms with Crippen LogP contribution in [0.4, 0.5) is 10.1 Å².